The van der Waals surface area contributed by atoms with Crippen LogP contribution in [0.2, 0.25) is 0 Å². The fourth-order valence-corrected chi connectivity index (χ4v) is 11.2. The van der Waals surface area contributed by atoms with E-state index >= 15 is 0 Å². The standard InChI is InChI=1S/C62H40/c1-37-15-12-16-38(2)56(37)50-33-34-53-60-47(50)24-14-26-52(60)61-58(41-21-10-5-11-22-41)55-36-43(28-30-51(55)57(62(53)61)40-19-8-4-9-20-40)44-31-32-49-45-29-27-42(39-17-6-3-7-18-39)35-54(45)48-25-13-23-46(44)59(48)49/h3-36H,1-2H3. The molecule has 0 aliphatic heterocycles. The molecule has 13 rings (SSSR count). The van der Waals surface area contributed by atoms with Gasteiger partial charge in [-0.2, -0.15) is 0 Å². The van der Waals surface area contributed by atoms with Gasteiger partial charge < -0.3 is 0 Å². The third-order valence-electron chi connectivity index (χ3n) is 13.8. The molecule has 0 unspecified atom stereocenters. The predicted molar refractivity (Wildman–Crippen MR) is 264 cm³/mol. The maximum atomic E-state index is 2.50. The lowest BCUT2D eigenvalue weighted by atomic mass is 9.81. The van der Waals surface area contributed by atoms with E-state index in [1.165, 1.54) is 144 Å². The van der Waals surface area contributed by atoms with E-state index in [1.807, 2.05) is 0 Å². The van der Waals surface area contributed by atoms with Crippen LogP contribution in [0.25, 0.3) is 132 Å². The van der Waals surface area contributed by atoms with Crippen LogP contribution < -0.4 is 0 Å². The van der Waals surface area contributed by atoms with E-state index in [-0.39, 0.29) is 0 Å². The Morgan fingerprint density at radius 3 is 1.39 bits per heavy atom. The molecular formula is C62H40. The summed E-state index contributed by atoms with van der Waals surface area (Å²) in [7, 11) is 0. The zero-order valence-electron chi connectivity index (χ0n) is 34.6. The molecule has 0 saturated carbocycles. The zero-order chi connectivity index (χ0) is 41.1. The second-order valence-electron chi connectivity index (χ2n) is 17.2. The maximum absolute atomic E-state index is 2.50. The molecule has 0 heteroatoms. The van der Waals surface area contributed by atoms with Crippen LogP contribution in [0.15, 0.2) is 206 Å². The van der Waals surface area contributed by atoms with Crippen LogP contribution in [-0.2, 0) is 0 Å². The normalized spacial score (nSPS) is 12.0. The Bertz CT molecular complexity index is 3650. The first kappa shape index (κ1) is 35.0. The average Bonchev–Trinajstić information content (AvgIpc) is 3.83. The monoisotopic (exact) mass is 784 g/mol. The van der Waals surface area contributed by atoms with Crippen molar-refractivity contribution in [3.05, 3.63) is 217 Å². The van der Waals surface area contributed by atoms with E-state index in [1.54, 1.807) is 0 Å². The summed E-state index contributed by atoms with van der Waals surface area (Å²) in [5.74, 6) is 0. The van der Waals surface area contributed by atoms with Crippen LogP contribution in [0.3, 0.4) is 0 Å². The quantitative estimate of drug-likeness (QED) is 0.163. The molecule has 288 valence electrons. The Balaban J connectivity index is 1.09. The van der Waals surface area contributed by atoms with Crippen LogP contribution >= 0.6 is 0 Å². The average molecular weight is 785 g/mol. The Morgan fingerprint density at radius 1 is 0.210 bits per heavy atom. The minimum Gasteiger partial charge on any atom is -0.0622 e. The third-order valence-corrected chi connectivity index (χ3v) is 13.8. The van der Waals surface area contributed by atoms with Gasteiger partial charge >= 0.3 is 0 Å². The molecule has 0 saturated heterocycles. The SMILES string of the molecule is Cc1cccc(C)c1-c1ccc2c3c(cccc13)-c1c-2c(-c2ccccc2)c2ccc(-c3ccc4c5c(cccc35)-c3cc(-c5ccccc5)ccc3-4)cc2c1-c1ccccc1. The van der Waals surface area contributed by atoms with Gasteiger partial charge in [-0.15, -0.1) is 0 Å². The van der Waals surface area contributed by atoms with Gasteiger partial charge in [0.25, 0.3) is 0 Å². The van der Waals surface area contributed by atoms with Crippen LogP contribution in [0.5, 0.6) is 0 Å². The van der Waals surface area contributed by atoms with Gasteiger partial charge in [0, 0.05) is 0 Å². The van der Waals surface area contributed by atoms with E-state index in [0.29, 0.717) is 0 Å². The zero-order valence-corrected chi connectivity index (χ0v) is 34.6. The lowest BCUT2D eigenvalue weighted by molar-refractivity contribution is 1.38. The fraction of sp³-hybridized carbons (Fsp3) is 0.0323. The van der Waals surface area contributed by atoms with Crippen LogP contribution in [-0.4, -0.2) is 0 Å². The fourth-order valence-electron chi connectivity index (χ4n) is 11.2. The molecule has 0 heterocycles. The van der Waals surface area contributed by atoms with Gasteiger partial charge in [-0.25, -0.2) is 0 Å². The molecule has 0 nitrogen and oxygen atoms in total. The lowest BCUT2D eigenvalue weighted by Gasteiger charge is -2.21. The maximum Gasteiger partial charge on any atom is -0.000741 e. The number of fused-ring (bicyclic) bond motifs is 7. The van der Waals surface area contributed by atoms with Gasteiger partial charge in [-0.1, -0.05) is 194 Å². The Kier molecular flexibility index (Phi) is 7.54. The number of hydrogen-bond acceptors (Lipinski definition) is 0. The molecule has 0 bridgehead atoms. The van der Waals surface area contributed by atoms with E-state index in [2.05, 4.69) is 220 Å². The van der Waals surface area contributed by atoms with Crippen molar-refractivity contribution in [1.82, 2.24) is 0 Å². The second kappa shape index (κ2) is 13.4. The second-order valence-corrected chi connectivity index (χ2v) is 17.2. The van der Waals surface area contributed by atoms with E-state index in [0.717, 1.165) is 0 Å². The van der Waals surface area contributed by atoms with Crippen molar-refractivity contribution in [2.45, 2.75) is 13.8 Å². The van der Waals surface area contributed by atoms with Crippen molar-refractivity contribution < 1.29 is 0 Å². The van der Waals surface area contributed by atoms with Crippen molar-refractivity contribution in [3.8, 4) is 100 Å². The van der Waals surface area contributed by atoms with Gasteiger partial charge in [-0.05, 0) is 170 Å². The lowest BCUT2D eigenvalue weighted by Crippen LogP contribution is -1.94. The molecule has 11 aromatic carbocycles. The summed E-state index contributed by atoms with van der Waals surface area (Å²) in [5, 5.41) is 7.82. The summed E-state index contributed by atoms with van der Waals surface area (Å²) < 4.78 is 0. The molecule has 2 aliphatic rings. The van der Waals surface area contributed by atoms with Crippen molar-refractivity contribution in [2.24, 2.45) is 0 Å². The summed E-state index contributed by atoms with van der Waals surface area (Å²) in [6, 6.07) is 77.2. The molecule has 2 aliphatic carbocycles. The predicted octanol–water partition coefficient (Wildman–Crippen LogP) is 17.4. The van der Waals surface area contributed by atoms with E-state index in [4.69, 9.17) is 0 Å². The molecule has 0 amide bonds. The first-order valence-electron chi connectivity index (χ1n) is 21.8. The highest BCUT2D eigenvalue weighted by atomic mass is 14.3. The van der Waals surface area contributed by atoms with Crippen LogP contribution in [0.4, 0.5) is 0 Å². The van der Waals surface area contributed by atoms with Crippen molar-refractivity contribution in [1.29, 1.82) is 0 Å². The Morgan fingerprint density at radius 2 is 0.694 bits per heavy atom. The molecule has 0 spiro atoms. The van der Waals surface area contributed by atoms with E-state index in [9.17, 15) is 0 Å². The Hall–Kier alpha value is -7.80. The molecular weight excluding hydrogens is 745 g/mol. The highest BCUT2D eigenvalue weighted by molar-refractivity contribution is 6.29. The molecule has 0 fully saturated rings. The molecule has 0 radical (unpaired) electrons. The summed E-state index contributed by atoms with van der Waals surface area (Å²) in [4.78, 5) is 0. The topological polar surface area (TPSA) is 0 Å². The summed E-state index contributed by atoms with van der Waals surface area (Å²) in [6.45, 7) is 4.49. The van der Waals surface area contributed by atoms with Gasteiger partial charge in [-0.3, -0.25) is 0 Å². The molecule has 62 heavy (non-hydrogen) atoms. The van der Waals surface area contributed by atoms with Gasteiger partial charge in [0.05, 0.1) is 0 Å². The smallest absolute Gasteiger partial charge is 0.000741 e. The molecule has 0 aromatic heterocycles. The summed E-state index contributed by atoms with van der Waals surface area (Å²) in [5.41, 5.74) is 25.8. The van der Waals surface area contributed by atoms with Gasteiger partial charge in [0.2, 0.25) is 0 Å². The highest BCUT2D eigenvalue weighted by Gasteiger charge is 2.32. The molecule has 11 aromatic rings. The van der Waals surface area contributed by atoms with Crippen LogP contribution in [0.1, 0.15) is 11.1 Å². The van der Waals surface area contributed by atoms with Crippen molar-refractivity contribution in [3.63, 3.8) is 0 Å². The number of hydrogen-bond donors (Lipinski definition) is 0. The first-order valence-corrected chi connectivity index (χ1v) is 21.8. The van der Waals surface area contributed by atoms with Crippen molar-refractivity contribution >= 4 is 32.3 Å². The highest BCUT2D eigenvalue weighted by Crippen LogP contribution is 2.59. The third kappa shape index (κ3) is 4.95. The largest absolute Gasteiger partial charge is 0.0622 e. The number of aryl methyl sites for hydroxylation is 2. The Labute approximate surface area is 362 Å². The van der Waals surface area contributed by atoms with Crippen LogP contribution in [0, 0.1) is 13.8 Å². The van der Waals surface area contributed by atoms with Gasteiger partial charge in [0.1, 0.15) is 0 Å². The van der Waals surface area contributed by atoms with Gasteiger partial charge in [0.15, 0.2) is 0 Å². The minimum absolute atomic E-state index is 1.23. The molecule has 0 N–H and O–H groups in total. The van der Waals surface area contributed by atoms with E-state index < -0.39 is 0 Å². The number of rotatable bonds is 5. The summed E-state index contributed by atoms with van der Waals surface area (Å²) in [6.07, 6.45) is 0. The number of benzene rings is 11. The minimum atomic E-state index is 1.23. The molecule has 0 atom stereocenters. The van der Waals surface area contributed by atoms with Crippen molar-refractivity contribution in [2.75, 3.05) is 0 Å². The summed E-state index contributed by atoms with van der Waals surface area (Å²) >= 11 is 0. The first-order chi connectivity index (χ1) is 30.6.